The molecule has 1 aliphatic heterocycles. The van der Waals surface area contributed by atoms with Gasteiger partial charge in [0.1, 0.15) is 5.54 Å². The van der Waals surface area contributed by atoms with Crippen molar-refractivity contribution in [2.45, 2.75) is 52.5 Å². The van der Waals surface area contributed by atoms with E-state index in [0.717, 1.165) is 37.8 Å². The number of ether oxygens (including phenoxy) is 1. The monoisotopic (exact) mass is 284 g/mol. The van der Waals surface area contributed by atoms with Crippen LogP contribution in [0.25, 0.3) is 0 Å². The number of likely N-dealkylation sites (N-methyl/N-ethyl adjacent to an activating group) is 1. The summed E-state index contributed by atoms with van der Waals surface area (Å²) in [5, 5.41) is 3.27. The molecule has 3 atom stereocenters. The van der Waals surface area contributed by atoms with Gasteiger partial charge in [-0.15, -0.1) is 0 Å². The molecule has 0 bridgehead atoms. The van der Waals surface area contributed by atoms with Gasteiger partial charge in [-0.25, -0.2) is 0 Å². The molecule has 0 saturated carbocycles. The molecule has 0 aliphatic carbocycles. The van der Waals surface area contributed by atoms with Gasteiger partial charge >= 0.3 is 5.97 Å². The van der Waals surface area contributed by atoms with Gasteiger partial charge in [0.2, 0.25) is 0 Å². The molecule has 4 nitrogen and oxygen atoms in total. The Balaban J connectivity index is 2.42. The summed E-state index contributed by atoms with van der Waals surface area (Å²) in [5.74, 6) is 1.43. The Kier molecular flexibility index (Phi) is 6.96. The van der Waals surface area contributed by atoms with E-state index in [1.807, 2.05) is 13.8 Å². The molecule has 1 rings (SSSR count). The van der Waals surface area contributed by atoms with Crippen molar-refractivity contribution in [3.63, 3.8) is 0 Å². The molecule has 0 aromatic heterocycles. The van der Waals surface area contributed by atoms with E-state index in [9.17, 15) is 4.79 Å². The molecule has 0 amide bonds. The van der Waals surface area contributed by atoms with Gasteiger partial charge in [-0.3, -0.25) is 4.79 Å². The predicted molar refractivity (Wildman–Crippen MR) is 82.7 cm³/mol. The molecule has 20 heavy (non-hydrogen) atoms. The first-order valence-electron chi connectivity index (χ1n) is 7.97. The molecule has 3 unspecified atom stereocenters. The fraction of sp³-hybridized carbons (Fsp3) is 0.938. The lowest BCUT2D eigenvalue weighted by Gasteiger charge is -2.36. The third-order valence-electron chi connectivity index (χ3n) is 4.30. The molecule has 0 aromatic carbocycles. The molecule has 0 aromatic rings. The van der Waals surface area contributed by atoms with Gasteiger partial charge in [0, 0.05) is 13.1 Å². The summed E-state index contributed by atoms with van der Waals surface area (Å²) in [6.45, 7) is 12.9. The van der Waals surface area contributed by atoms with Crippen LogP contribution in [0.1, 0.15) is 47.0 Å². The first kappa shape index (κ1) is 17.4. The van der Waals surface area contributed by atoms with Crippen LogP contribution >= 0.6 is 0 Å². The van der Waals surface area contributed by atoms with Gasteiger partial charge in [0.05, 0.1) is 7.11 Å². The molecular formula is C16H32N2O2. The van der Waals surface area contributed by atoms with Crippen LogP contribution in [0.4, 0.5) is 0 Å². The second kappa shape index (κ2) is 7.99. The number of carbonyl (C=O) groups is 1. The molecular weight excluding hydrogens is 252 g/mol. The Bertz CT molecular complexity index is 299. The third-order valence-corrected chi connectivity index (χ3v) is 4.30. The van der Waals surface area contributed by atoms with Gasteiger partial charge in [0.15, 0.2) is 0 Å². The SMILES string of the molecule is CCNC(C)(CCCN1CC(C)CC(C)C1)C(=O)OC. The van der Waals surface area contributed by atoms with E-state index >= 15 is 0 Å². The van der Waals surface area contributed by atoms with Crippen molar-refractivity contribution >= 4 is 5.97 Å². The third kappa shape index (κ3) is 5.06. The fourth-order valence-electron chi connectivity index (χ4n) is 3.51. The smallest absolute Gasteiger partial charge is 0.325 e. The van der Waals surface area contributed by atoms with Gasteiger partial charge in [-0.1, -0.05) is 20.8 Å². The van der Waals surface area contributed by atoms with Crippen molar-refractivity contribution in [3.05, 3.63) is 0 Å². The average molecular weight is 284 g/mol. The Hall–Kier alpha value is -0.610. The molecule has 0 radical (unpaired) electrons. The number of esters is 1. The average Bonchev–Trinajstić information content (AvgIpc) is 2.37. The highest BCUT2D eigenvalue weighted by Gasteiger charge is 2.33. The summed E-state index contributed by atoms with van der Waals surface area (Å²) in [5.41, 5.74) is -0.545. The Morgan fingerprint density at radius 1 is 1.35 bits per heavy atom. The molecule has 0 spiro atoms. The number of nitrogens with one attached hydrogen (secondary N) is 1. The molecule has 118 valence electrons. The van der Waals surface area contributed by atoms with Crippen molar-refractivity contribution in [2.24, 2.45) is 11.8 Å². The lowest BCUT2D eigenvalue weighted by atomic mass is 9.91. The standard InChI is InChI=1S/C16H32N2O2/c1-6-17-16(4,15(19)20-5)8-7-9-18-11-13(2)10-14(3)12-18/h13-14,17H,6-12H2,1-5H3. The molecule has 1 N–H and O–H groups in total. The Morgan fingerprint density at radius 2 is 1.95 bits per heavy atom. The van der Waals surface area contributed by atoms with Crippen LogP contribution in [0.2, 0.25) is 0 Å². The zero-order valence-corrected chi connectivity index (χ0v) is 13.9. The first-order chi connectivity index (χ1) is 9.41. The van der Waals surface area contributed by atoms with Crippen LogP contribution in [0, 0.1) is 11.8 Å². The summed E-state index contributed by atoms with van der Waals surface area (Å²) in [6, 6.07) is 0. The van der Waals surface area contributed by atoms with Crippen LogP contribution in [-0.2, 0) is 9.53 Å². The van der Waals surface area contributed by atoms with E-state index in [2.05, 4.69) is 24.1 Å². The van der Waals surface area contributed by atoms with Crippen molar-refractivity contribution in [3.8, 4) is 0 Å². The van der Waals surface area contributed by atoms with E-state index in [-0.39, 0.29) is 5.97 Å². The highest BCUT2D eigenvalue weighted by atomic mass is 16.5. The molecule has 1 aliphatic rings. The van der Waals surface area contributed by atoms with Crippen molar-refractivity contribution in [1.82, 2.24) is 10.2 Å². The van der Waals surface area contributed by atoms with Gasteiger partial charge in [-0.2, -0.15) is 0 Å². The highest BCUT2D eigenvalue weighted by Crippen LogP contribution is 2.22. The predicted octanol–water partition coefficient (Wildman–Crippen LogP) is 2.29. The minimum Gasteiger partial charge on any atom is -0.468 e. The largest absolute Gasteiger partial charge is 0.468 e. The van der Waals surface area contributed by atoms with E-state index < -0.39 is 5.54 Å². The van der Waals surface area contributed by atoms with E-state index in [4.69, 9.17) is 4.74 Å². The molecule has 1 saturated heterocycles. The minimum absolute atomic E-state index is 0.153. The number of likely N-dealkylation sites (tertiary alicyclic amines) is 1. The topological polar surface area (TPSA) is 41.6 Å². The van der Waals surface area contributed by atoms with Gasteiger partial charge < -0.3 is 15.0 Å². The number of hydrogen-bond donors (Lipinski definition) is 1. The number of rotatable bonds is 7. The maximum Gasteiger partial charge on any atom is 0.325 e. The van der Waals surface area contributed by atoms with Gasteiger partial charge in [0.25, 0.3) is 0 Å². The van der Waals surface area contributed by atoms with Crippen molar-refractivity contribution in [1.29, 1.82) is 0 Å². The molecule has 4 heteroatoms. The minimum atomic E-state index is -0.545. The molecule has 1 fully saturated rings. The zero-order valence-electron chi connectivity index (χ0n) is 13.9. The Morgan fingerprint density at radius 3 is 2.45 bits per heavy atom. The van der Waals surface area contributed by atoms with Gasteiger partial charge in [-0.05, 0) is 51.1 Å². The number of methoxy groups -OCH3 is 1. The van der Waals surface area contributed by atoms with Crippen LogP contribution in [0.5, 0.6) is 0 Å². The lowest BCUT2D eigenvalue weighted by molar-refractivity contribution is -0.148. The normalized spacial score (nSPS) is 27.1. The summed E-state index contributed by atoms with van der Waals surface area (Å²) in [7, 11) is 1.46. The van der Waals surface area contributed by atoms with Crippen molar-refractivity contribution < 1.29 is 9.53 Å². The van der Waals surface area contributed by atoms with E-state index in [0.29, 0.717) is 0 Å². The number of piperidine rings is 1. The Labute approximate surface area is 124 Å². The van der Waals surface area contributed by atoms with Crippen molar-refractivity contribution in [2.75, 3.05) is 33.3 Å². The number of carbonyl (C=O) groups excluding carboxylic acids is 1. The lowest BCUT2D eigenvalue weighted by Crippen LogP contribution is -2.50. The van der Waals surface area contributed by atoms with E-state index in [1.165, 1.54) is 26.6 Å². The summed E-state index contributed by atoms with van der Waals surface area (Å²) >= 11 is 0. The zero-order chi connectivity index (χ0) is 15.2. The second-order valence-electron chi connectivity index (χ2n) is 6.66. The number of nitrogens with zero attached hydrogens (tertiary/aromatic N) is 1. The van der Waals surface area contributed by atoms with E-state index in [1.54, 1.807) is 0 Å². The quantitative estimate of drug-likeness (QED) is 0.728. The highest BCUT2D eigenvalue weighted by molar-refractivity contribution is 5.80. The maximum absolute atomic E-state index is 11.9. The first-order valence-corrected chi connectivity index (χ1v) is 7.97. The summed E-state index contributed by atoms with van der Waals surface area (Å²) in [4.78, 5) is 14.5. The maximum atomic E-state index is 11.9. The summed E-state index contributed by atoms with van der Waals surface area (Å²) < 4.78 is 4.93. The van der Waals surface area contributed by atoms with Crippen LogP contribution in [0.3, 0.4) is 0 Å². The molecule has 1 heterocycles. The summed E-state index contributed by atoms with van der Waals surface area (Å²) in [6.07, 6.45) is 3.19. The van der Waals surface area contributed by atoms with Crippen LogP contribution in [0.15, 0.2) is 0 Å². The van der Waals surface area contributed by atoms with Crippen LogP contribution < -0.4 is 5.32 Å². The number of hydrogen-bond acceptors (Lipinski definition) is 4. The fourth-order valence-corrected chi connectivity index (χ4v) is 3.51. The second-order valence-corrected chi connectivity index (χ2v) is 6.66. The van der Waals surface area contributed by atoms with Crippen LogP contribution in [-0.4, -0.2) is 49.7 Å².